The van der Waals surface area contributed by atoms with Crippen molar-refractivity contribution in [2.24, 2.45) is 0 Å². The highest BCUT2D eigenvalue weighted by atomic mass is 32.1. The highest BCUT2D eigenvalue weighted by Gasteiger charge is 2.38. The van der Waals surface area contributed by atoms with Crippen LogP contribution in [0, 0.1) is 0 Å². The first-order chi connectivity index (χ1) is 15.3. The minimum atomic E-state index is -4.82. The number of alkyl halides is 3. The summed E-state index contributed by atoms with van der Waals surface area (Å²) < 4.78 is 46.3. The van der Waals surface area contributed by atoms with Gasteiger partial charge in [-0.3, -0.25) is 9.59 Å². The topological polar surface area (TPSA) is 94.1 Å². The van der Waals surface area contributed by atoms with Crippen LogP contribution in [0.5, 0.6) is 0 Å². The number of hydrogen-bond donors (Lipinski definition) is 0. The Hall–Kier alpha value is -3.02. The zero-order valence-corrected chi connectivity index (χ0v) is 17.9. The van der Waals surface area contributed by atoms with E-state index in [1.54, 1.807) is 0 Å². The van der Waals surface area contributed by atoms with Crippen LogP contribution in [-0.2, 0) is 24.1 Å². The molecule has 1 saturated carbocycles. The standard InChI is InChI=1S/C20H20F3N5O3S/c1-2-7-27(10-16-24-25-18(31-16)15-4-3-8-32-15)17(29)11-28-19(30)13(20(21,22)23)9-14(26-28)12-5-6-12/h3-4,8-9,12H,2,5-7,10-11H2,1H3. The Bertz CT molecular complexity index is 1150. The average molecular weight is 467 g/mol. The molecule has 1 aliphatic carbocycles. The van der Waals surface area contributed by atoms with Gasteiger partial charge in [0.15, 0.2) is 0 Å². The van der Waals surface area contributed by atoms with Gasteiger partial charge in [-0.1, -0.05) is 13.0 Å². The second kappa shape index (κ2) is 8.85. The number of rotatable bonds is 8. The van der Waals surface area contributed by atoms with Crippen molar-refractivity contribution in [2.45, 2.75) is 51.4 Å². The van der Waals surface area contributed by atoms with E-state index in [9.17, 15) is 22.8 Å². The van der Waals surface area contributed by atoms with E-state index in [0.717, 1.165) is 10.9 Å². The van der Waals surface area contributed by atoms with Crippen LogP contribution in [0.25, 0.3) is 10.8 Å². The van der Waals surface area contributed by atoms with Crippen LogP contribution in [0.1, 0.15) is 49.3 Å². The van der Waals surface area contributed by atoms with Crippen molar-refractivity contribution in [3.63, 3.8) is 0 Å². The molecule has 0 bridgehead atoms. The molecule has 0 saturated heterocycles. The van der Waals surface area contributed by atoms with Gasteiger partial charge in [0.1, 0.15) is 12.1 Å². The number of carbonyl (C=O) groups excluding carboxylic acids is 1. The fourth-order valence-corrected chi connectivity index (χ4v) is 3.87. The Balaban J connectivity index is 1.55. The maximum Gasteiger partial charge on any atom is 0.421 e. The van der Waals surface area contributed by atoms with E-state index in [1.807, 2.05) is 24.4 Å². The molecule has 0 spiro atoms. The lowest BCUT2D eigenvalue weighted by molar-refractivity contribution is -0.140. The number of halogens is 3. The van der Waals surface area contributed by atoms with Crippen LogP contribution in [0.4, 0.5) is 13.2 Å². The smallest absolute Gasteiger partial charge is 0.418 e. The second-order valence-electron chi connectivity index (χ2n) is 7.51. The third-order valence-electron chi connectivity index (χ3n) is 4.95. The molecule has 32 heavy (non-hydrogen) atoms. The zero-order valence-electron chi connectivity index (χ0n) is 17.1. The van der Waals surface area contributed by atoms with Gasteiger partial charge in [0.25, 0.3) is 11.4 Å². The van der Waals surface area contributed by atoms with Gasteiger partial charge in [0.2, 0.25) is 11.8 Å². The first-order valence-corrected chi connectivity index (χ1v) is 11.0. The lowest BCUT2D eigenvalue weighted by Crippen LogP contribution is -2.39. The molecule has 3 aromatic rings. The maximum absolute atomic E-state index is 13.4. The van der Waals surface area contributed by atoms with Crippen LogP contribution in [0.15, 0.2) is 32.8 Å². The van der Waals surface area contributed by atoms with Crippen molar-refractivity contribution in [3.8, 4) is 10.8 Å². The fourth-order valence-electron chi connectivity index (χ4n) is 3.22. The molecule has 0 atom stereocenters. The molecule has 0 aliphatic heterocycles. The fraction of sp³-hybridized carbons (Fsp3) is 0.450. The molecule has 3 heterocycles. The molecule has 12 heteroatoms. The first kappa shape index (κ1) is 22.2. The molecule has 1 amide bonds. The van der Waals surface area contributed by atoms with Crippen molar-refractivity contribution >= 4 is 17.2 Å². The van der Waals surface area contributed by atoms with E-state index in [0.29, 0.717) is 36.4 Å². The highest BCUT2D eigenvalue weighted by Crippen LogP contribution is 2.40. The number of hydrogen-bond acceptors (Lipinski definition) is 7. The van der Waals surface area contributed by atoms with E-state index in [4.69, 9.17) is 4.42 Å². The van der Waals surface area contributed by atoms with Crippen LogP contribution >= 0.6 is 11.3 Å². The third kappa shape index (κ3) is 4.90. The number of aromatic nitrogens is 4. The van der Waals surface area contributed by atoms with Crippen molar-refractivity contribution < 1.29 is 22.4 Å². The molecule has 8 nitrogen and oxygen atoms in total. The monoisotopic (exact) mass is 467 g/mol. The molecule has 1 aliphatic rings. The largest absolute Gasteiger partial charge is 0.421 e. The number of carbonyl (C=O) groups is 1. The predicted octanol–water partition coefficient (Wildman–Crippen LogP) is 3.69. The molecule has 4 rings (SSSR count). The van der Waals surface area contributed by atoms with Gasteiger partial charge in [-0.25, -0.2) is 4.68 Å². The first-order valence-electron chi connectivity index (χ1n) is 10.1. The Labute approximate surface area is 184 Å². The normalized spacial score (nSPS) is 14.0. The van der Waals surface area contributed by atoms with Crippen LogP contribution in [0.3, 0.4) is 0 Å². The van der Waals surface area contributed by atoms with Gasteiger partial charge < -0.3 is 9.32 Å². The van der Waals surface area contributed by atoms with Crippen LogP contribution in [0.2, 0.25) is 0 Å². The summed E-state index contributed by atoms with van der Waals surface area (Å²) in [4.78, 5) is 27.5. The van der Waals surface area contributed by atoms with E-state index in [-0.39, 0.29) is 24.0 Å². The van der Waals surface area contributed by atoms with Crippen molar-refractivity contribution in [1.29, 1.82) is 0 Å². The van der Waals surface area contributed by atoms with E-state index < -0.39 is 29.8 Å². The summed E-state index contributed by atoms with van der Waals surface area (Å²) in [5.74, 6) is -0.154. The lowest BCUT2D eigenvalue weighted by atomic mass is 10.2. The molecule has 1 fully saturated rings. The molecule has 0 radical (unpaired) electrons. The van der Waals surface area contributed by atoms with Crippen molar-refractivity contribution in [3.05, 3.63) is 51.1 Å². The maximum atomic E-state index is 13.4. The summed E-state index contributed by atoms with van der Waals surface area (Å²) in [7, 11) is 0. The second-order valence-corrected chi connectivity index (χ2v) is 8.46. The lowest BCUT2D eigenvalue weighted by Gasteiger charge is -2.21. The van der Waals surface area contributed by atoms with Gasteiger partial charge in [0, 0.05) is 12.5 Å². The Kier molecular flexibility index (Phi) is 6.13. The minimum Gasteiger partial charge on any atom is -0.418 e. The Morgan fingerprint density at radius 3 is 2.75 bits per heavy atom. The summed E-state index contributed by atoms with van der Waals surface area (Å²) in [5, 5.41) is 13.8. The van der Waals surface area contributed by atoms with E-state index in [2.05, 4.69) is 15.3 Å². The molecular formula is C20H20F3N5O3S. The SMILES string of the molecule is CCCN(Cc1nnc(-c2cccs2)o1)C(=O)Cn1nc(C2CC2)cc(C(F)(F)F)c1=O. The van der Waals surface area contributed by atoms with Gasteiger partial charge in [-0.2, -0.15) is 18.3 Å². The summed E-state index contributed by atoms with van der Waals surface area (Å²) in [6.45, 7) is 1.53. The third-order valence-corrected chi connectivity index (χ3v) is 5.81. The summed E-state index contributed by atoms with van der Waals surface area (Å²) >= 11 is 1.43. The molecule has 3 aromatic heterocycles. The number of nitrogens with zero attached hydrogens (tertiary/aromatic N) is 5. The summed E-state index contributed by atoms with van der Waals surface area (Å²) in [6, 6.07) is 4.46. The molecular weight excluding hydrogens is 447 g/mol. The molecule has 0 unspecified atom stereocenters. The minimum absolute atomic E-state index is 0.0196. The van der Waals surface area contributed by atoms with Crippen molar-refractivity contribution in [1.82, 2.24) is 24.9 Å². The van der Waals surface area contributed by atoms with Gasteiger partial charge in [-0.05, 0) is 36.8 Å². The van der Waals surface area contributed by atoms with Gasteiger partial charge >= 0.3 is 6.18 Å². The molecule has 170 valence electrons. The number of amides is 1. The Morgan fingerprint density at radius 2 is 2.12 bits per heavy atom. The van der Waals surface area contributed by atoms with E-state index >= 15 is 0 Å². The quantitative estimate of drug-likeness (QED) is 0.502. The molecule has 0 N–H and O–H groups in total. The van der Waals surface area contributed by atoms with Gasteiger partial charge in [-0.15, -0.1) is 21.5 Å². The van der Waals surface area contributed by atoms with Gasteiger partial charge in [0.05, 0.1) is 17.1 Å². The van der Waals surface area contributed by atoms with E-state index in [1.165, 1.54) is 16.2 Å². The zero-order chi connectivity index (χ0) is 22.9. The number of thiophene rings is 1. The van der Waals surface area contributed by atoms with Crippen LogP contribution in [-0.4, -0.2) is 37.3 Å². The average Bonchev–Trinajstić information content (AvgIpc) is 3.23. The summed E-state index contributed by atoms with van der Waals surface area (Å²) in [5.41, 5.74) is -2.45. The Morgan fingerprint density at radius 1 is 1.34 bits per heavy atom. The summed E-state index contributed by atoms with van der Waals surface area (Å²) in [6.07, 6.45) is -2.81. The van der Waals surface area contributed by atoms with Crippen LogP contribution < -0.4 is 5.56 Å². The predicted molar refractivity (Wildman–Crippen MR) is 109 cm³/mol. The molecule has 0 aromatic carbocycles. The highest BCUT2D eigenvalue weighted by molar-refractivity contribution is 7.13. The van der Waals surface area contributed by atoms with Crippen molar-refractivity contribution in [2.75, 3.05) is 6.54 Å².